The van der Waals surface area contributed by atoms with Gasteiger partial charge in [-0.25, -0.2) is 9.78 Å². The van der Waals surface area contributed by atoms with E-state index in [-0.39, 0.29) is 18.2 Å². The number of fused-ring (bicyclic) bond motifs is 1. The summed E-state index contributed by atoms with van der Waals surface area (Å²) in [7, 11) is 0. The Kier molecular flexibility index (Phi) is 3.58. The zero-order valence-electron chi connectivity index (χ0n) is 11.5. The smallest absolute Gasteiger partial charge is 0.323 e. The summed E-state index contributed by atoms with van der Waals surface area (Å²) in [5.41, 5.74) is 0.913. The minimum absolute atomic E-state index is 0.0693. The predicted molar refractivity (Wildman–Crippen MR) is 80.2 cm³/mol. The van der Waals surface area contributed by atoms with Gasteiger partial charge in [-0.05, 0) is 26.0 Å². The maximum atomic E-state index is 12.3. The molecule has 6 heteroatoms. The summed E-state index contributed by atoms with van der Waals surface area (Å²) >= 11 is 1.49. The molecule has 0 saturated carbocycles. The van der Waals surface area contributed by atoms with Crippen LogP contribution >= 0.6 is 11.3 Å². The van der Waals surface area contributed by atoms with Gasteiger partial charge < -0.3 is 9.64 Å². The fraction of sp³-hybridized carbons (Fsp3) is 0.429. The van der Waals surface area contributed by atoms with Crippen LogP contribution in [-0.2, 0) is 4.74 Å². The average molecular weight is 291 g/mol. The van der Waals surface area contributed by atoms with Gasteiger partial charge in [-0.1, -0.05) is 23.5 Å². The van der Waals surface area contributed by atoms with E-state index >= 15 is 0 Å². The molecular formula is C14H17N3O2S. The molecule has 0 spiro atoms. The van der Waals surface area contributed by atoms with Gasteiger partial charge in [-0.3, -0.25) is 5.32 Å². The maximum Gasteiger partial charge on any atom is 0.323 e. The number of benzene rings is 1. The highest BCUT2D eigenvalue weighted by molar-refractivity contribution is 7.22. The number of ether oxygens (including phenoxy) is 1. The Bertz CT molecular complexity index is 585. The van der Waals surface area contributed by atoms with Crippen LogP contribution in [0.25, 0.3) is 10.2 Å². The highest BCUT2D eigenvalue weighted by atomic mass is 32.1. The van der Waals surface area contributed by atoms with Crippen molar-refractivity contribution in [1.82, 2.24) is 9.88 Å². The Morgan fingerprint density at radius 3 is 2.75 bits per heavy atom. The molecule has 1 aliphatic rings. The third-order valence-electron chi connectivity index (χ3n) is 3.21. The van der Waals surface area contributed by atoms with Gasteiger partial charge in [0.1, 0.15) is 0 Å². The Morgan fingerprint density at radius 2 is 2.05 bits per heavy atom. The highest BCUT2D eigenvalue weighted by Crippen LogP contribution is 2.25. The van der Waals surface area contributed by atoms with Gasteiger partial charge in [-0.15, -0.1) is 0 Å². The van der Waals surface area contributed by atoms with E-state index < -0.39 is 0 Å². The molecular weight excluding hydrogens is 274 g/mol. The molecule has 0 bridgehead atoms. The molecule has 5 nitrogen and oxygen atoms in total. The number of carbonyl (C=O) groups is 1. The first-order valence-electron chi connectivity index (χ1n) is 6.69. The zero-order valence-corrected chi connectivity index (χ0v) is 12.3. The van der Waals surface area contributed by atoms with Crippen molar-refractivity contribution in [3.05, 3.63) is 24.3 Å². The number of urea groups is 1. The second-order valence-corrected chi connectivity index (χ2v) is 6.11. The molecule has 20 heavy (non-hydrogen) atoms. The quantitative estimate of drug-likeness (QED) is 0.879. The minimum atomic E-state index is -0.106. The van der Waals surface area contributed by atoms with E-state index in [0.29, 0.717) is 18.2 Å². The summed E-state index contributed by atoms with van der Waals surface area (Å²) in [5, 5.41) is 3.52. The van der Waals surface area contributed by atoms with Crippen LogP contribution in [0.3, 0.4) is 0 Å². The molecule has 0 radical (unpaired) electrons. The van der Waals surface area contributed by atoms with Crippen molar-refractivity contribution >= 4 is 32.7 Å². The van der Waals surface area contributed by atoms with Crippen molar-refractivity contribution in [3.8, 4) is 0 Å². The monoisotopic (exact) mass is 291 g/mol. The number of nitrogens with zero attached hydrogens (tertiary/aromatic N) is 2. The number of rotatable bonds is 1. The Hall–Kier alpha value is -1.66. The molecule has 1 N–H and O–H groups in total. The van der Waals surface area contributed by atoms with Crippen LogP contribution in [0, 0.1) is 0 Å². The first-order chi connectivity index (χ1) is 9.61. The average Bonchev–Trinajstić information content (AvgIpc) is 2.79. The fourth-order valence-corrected chi connectivity index (χ4v) is 3.30. The molecule has 1 aliphatic heterocycles. The molecule has 106 valence electrons. The fourth-order valence-electron chi connectivity index (χ4n) is 2.44. The van der Waals surface area contributed by atoms with Gasteiger partial charge in [0.05, 0.1) is 22.4 Å². The Morgan fingerprint density at radius 1 is 1.35 bits per heavy atom. The SMILES string of the molecule is CC1CN(C(=O)Nc2nc3ccccc3s2)CC(C)O1. The number of hydrogen-bond acceptors (Lipinski definition) is 4. The molecule has 2 unspecified atom stereocenters. The molecule has 1 aromatic heterocycles. The van der Waals surface area contributed by atoms with Crippen LogP contribution in [0.2, 0.25) is 0 Å². The summed E-state index contributed by atoms with van der Waals surface area (Å²) in [4.78, 5) is 18.5. The van der Waals surface area contributed by atoms with Gasteiger partial charge >= 0.3 is 6.03 Å². The topological polar surface area (TPSA) is 54.5 Å². The van der Waals surface area contributed by atoms with Gasteiger partial charge in [0, 0.05) is 13.1 Å². The summed E-state index contributed by atoms with van der Waals surface area (Å²) < 4.78 is 6.71. The molecule has 2 aromatic rings. The number of aromatic nitrogens is 1. The summed E-state index contributed by atoms with van der Waals surface area (Å²) in [6.07, 6.45) is 0.139. The molecule has 2 heterocycles. The Labute approximate surface area is 121 Å². The third kappa shape index (κ3) is 2.76. The van der Waals surface area contributed by atoms with E-state index in [1.54, 1.807) is 4.90 Å². The van der Waals surface area contributed by atoms with Gasteiger partial charge in [0.2, 0.25) is 0 Å². The second kappa shape index (κ2) is 5.38. The number of thiazole rings is 1. The van der Waals surface area contributed by atoms with Crippen LogP contribution in [-0.4, -0.2) is 41.2 Å². The van der Waals surface area contributed by atoms with Crippen LogP contribution in [0.5, 0.6) is 0 Å². The number of amides is 2. The largest absolute Gasteiger partial charge is 0.372 e. The van der Waals surface area contributed by atoms with Crippen molar-refractivity contribution in [2.45, 2.75) is 26.1 Å². The lowest BCUT2D eigenvalue weighted by Gasteiger charge is -2.34. The lowest BCUT2D eigenvalue weighted by Crippen LogP contribution is -2.49. The van der Waals surface area contributed by atoms with E-state index in [1.807, 2.05) is 38.1 Å². The highest BCUT2D eigenvalue weighted by Gasteiger charge is 2.26. The van der Waals surface area contributed by atoms with E-state index in [1.165, 1.54) is 11.3 Å². The number of anilines is 1. The maximum absolute atomic E-state index is 12.3. The van der Waals surface area contributed by atoms with E-state index in [9.17, 15) is 4.79 Å². The van der Waals surface area contributed by atoms with Crippen LogP contribution in [0.1, 0.15) is 13.8 Å². The zero-order chi connectivity index (χ0) is 14.1. The molecule has 2 amide bonds. The van der Waals surface area contributed by atoms with Gasteiger partial charge in [-0.2, -0.15) is 0 Å². The lowest BCUT2D eigenvalue weighted by molar-refractivity contribution is -0.0530. The molecule has 1 aromatic carbocycles. The summed E-state index contributed by atoms with van der Waals surface area (Å²) in [6.45, 7) is 5.18. The predicted octanol–water partition coefficient (Wildman–Crippen LogP) is 2.94. The summed E-state index contributed by atoms with van der Waals surface area (Å²) in [6, 6.07) is 7.75. The van der Waals surface area contributed by atoms with Crippen molar-refractivity contribution in [1.29, 1.82) is 0 Å². The molecule has 1 fully saturated rings. The van der Waals surface area contributed by atoms with E-state index in [0.717, 1.165) is 10.2 Å². The first kappa shape index (κ1) is 13.3. The number of carbonyl (C=O) groups excluding carboxylic acids is 1. The van der Waals surface area contributed by atoms with Crippen molar-refractivity contribution in [2.75, 3.05) is 18.4 Å². The Balaban J connectivity index is 1.72. The second-order valence-electron chi connectivity index (χ2n) is 5.08. The third-order valence-corrected chi connectivity index (χ3v) is 4.17. The van der Waals surface area contributed by atoms with Gasteiger partial charge in [0.15, 0.2) is 5.13 Å². The molecule has 2 atom stereocenters. The number of hydrogen-bond donors (Lipinski definition) is 1. The van der Waals surface area contributed by atoms with Crippen LogP contribution in [0.15, 0.2) is 24.3 Å². The van der Waals surface area contributed by atoms with Crippen molar-refractivity contribution < 1.29 is 9.53 Å². The number of nitrogens with one attached hydrogen (secondary N) is 1. The lowest BCUT2D eigenvalue weighted by atomic mass is 10.2. The first-order valence-corrected chi connectivity index (χ1v) is 7.50. The molecule has 3 rings (SSSR count). The van der Waals surface area contributed by atoms with E-state index in [4.69, 9.17) is 4.74 Å². The van der Waals surface area contributed by atoms with E-state index in [2.05, 4.69) is 10.3 Å². The van der Waals surface area contributed by atoms with Crippen LogP contribution < -0.4 is 5.32 Å². The van der Waals surface area contributed by atoms with Crippen molar-refractivity contribution in [2.24, 2.45) is 0 Å². The summed E-state index contributed by atoms with van der Waals surface area (Å²) in [5.74, 6) is 0. The standard InChI is InChI=1S/C14H17N3O2S/c1-9-7-17(8-10(2)19-9)14(18)16-13-15-11-5-3-4-6-12(11)20-13/h3-6,9-10H,7-8H2,1-2H3,(H,15,16,18). The van der Waals surface area contributed by atoms with Crippen molar-refractivity contribution in [3.63, 3.8) is 0 Å². The minimum Gasteiger partial charge on any atom is -0.372 e. The van der Waals surface area contributed by atoms with Gasteiger partial charge in [0.25, 0.3) is 0 Å². The number of para-hydroxylation sites is 1. The molecule has 1 saturated heterocycles. The van der Waals surface area contributed by atoms with Crippen LogP contribution in [0.4, 0.5) is 9.93 Å². The number of morpholine rings is 1. The molecule has 0 aliphatic carbocycles. The normalized spacial score (nSPS) is 23.0.